The van der Waals surface area contributed by atoms with Crippen LogP contribution in [-0.2, 0) is 10.2 Å². The van der Waals surface area contributed by atoms with E-state index >= 15 is 0 Å². The SMILES string of the molecule is CC1N(C)c2ccccc2C1(C)C(N)=O. The molecular formula is C12H16N2O. The molecule has 2 N–H and O–H groups in total. The molecule has 1 aromatic rings. The van der Waals surface area contributed by atoms with Crippen molar-refractivity contribution in [2.75, 3.05) is 11.9 Å². The van der Waals surface area contributed by atoms with Gasteiger partial charge in [0.1, 0.15) is 0 Å². The predicted octanol–water partition coefficient (Wildman–Crippen LogP) is 1.27. The molecule has 1 aromatic carbocycles. The summed E-state index contributed by atoms with van der Waals surface area (Å²) in [5.41, 5.74) is 7.09. The maximum Gasteiger partial charge on any atom is 0.229 e. The molecule has 1 aliphatic heterocycles. The number of nitrogens with two attached hydrogens (primary N) is 1. The summed E-state index contributed by atoms with van der Waals surface area (Å²) < 4.78 is 0. The van der Waals surface area contributed by atoms with Crippen LogP contribution in [0.25, 0.3) is 0 Å². The van der Waals surface area contributed by atoms with E-state index in [-0.39, 0.29) is 11.9 Å². The molecule has 2 rings (SSSR count). The highest BCUT2D eigenvalue weighted by atomic mass is 16.1. The number of carbonyl (C=O) groups is 1. The van der Waals surface area contributed by atoms with E-state index in [1.165, 1.54) is 0 Å². The van der Waals surface area contributed by atoms with Crippen LogP contribution in [0.3, 0.4) is 0 Å². The summed E-state index contributed by atoms with van der Waals surface area (Å²) in [4.78, 5) is 13.7. The van der Waals surface area contributed by atoms with E-state index in [1.807, 2.05) is 45.2 Å². The number of hydrogen-bond acceptors (Lipinski definition) is 2. The number of hydrogen-bond donors (Lipinski definition) is 1. The number of carbonyl (C=O) groups excluding carboxylic acids is 1. The Hall–Kier alpha value is -1.51. The fourth-order valence-corrected chi connectivity index (χ4v) is 2.38. The molecule has 1 aliphatic rings. The third-order valence-corrected chi connectivity index (χ3v) is 3.77. The van der Waals surface area contributed by atoms with Crippen molar-refractivity contribution < 1.29 is 4.79 Å². The summed E-state index contributed by atoms with van der Waals surface area (Å²) in [7, 11) is 2.00. The number of nitrogens with zero attached hydrogens (tertiary/aromatic N) is 1. The second kappa shape index (κ2) is 2.99. The molecule has 0 saturated heterocycles. The second-order valence-electron chi connectivity index (χ2n) is 4.37. The van der Waals surface area contributed by atoms with E-state index < -0.39 is 5.41 Å². The molecule has 3 nitrogen and oxygen atoms in total. The van der Waals surface area contributed by atoms with Crippen LogP contribution in [0, 0.1) is 0 Å². The number of benzene rings is 1. The van der Waals surface area contributed by atoms with Crippen molar-refractivity contribution in [1.82, 2.24) is 0 Å². The molecule has 0 aliphatic carbocycles. The lowest BCUT2D eigenvalue weighted by atomic mass is 9.78. The summed E-state index contributed by atoms with van der Waals surface area (Å²) in [6, 6.07) is 8.05. The largest absolute Gasteiger partial charge is 0.370 e. The normalized spacial score (nSPS) is 29.0. The molecule has 0 bridgehead atoms. The minimum absolute atomic E-state index is 0.104. The number of amides is 1. The van der Waals surface area contributed by atoms with Gasteiger partial charge in [0.25, 0.3) is 0 Å². The quantitative estimate of drug-likeness (QED) is 0.748. The van der Waals surface area contributed by atoms with Crippen LogP contribution in [0.15, 0.2) is 24.3 Å². The molecular weight excluding hydrogens is 188 g/mol. The highest BCUT2D eigenvalue weighted by Crippen LogP contribution is 2.43. The van der Waals surface area contributed by atoms with Crippen molar-refractivity contribution in [3.8, 4) is 0 Å². The number of rotatable bonds is 1. The molecule has 0 aromatic heterocycles. The van der Waals surface area contributed by atoms with Gasteiger partial charge in [-0.2, -0.15) is 0 Å². The van der Waals surface area contributed by atoms with E-state index in [4.69, 9.17) is 5.73 Å². The maximum atomic E-state index is 11.6. The topological polar surface area (TPSA) is 46.3 Å². The Labute approximate surface area is 89.9 Å². The van der Waals surface area contributed by atoms with Gasteiger partial charge >= 0.3 is 0 Å². The molecule has 0 radical (unpaired) electrons. The zero-order chi connectivity index (χ0) is 11.2. The summed E-state index contributed by atoms with van der Waals surface area (Å²) in [5, 5.41) is 0. The minimum atomic E-state index is -0.578. The van der Waals surface area contributed by atoms with Crippen molar-refractivity contribution in [2.24, 2.45) is 5.73 Å². The fourth-order valence-electron chi connectivity index (χ4n) is 2.38. The number of fused-ring (bicyclic) bond motifs is 1. The Bertz CT molecular complexity index is 416. The van der Waals surface area contributed by atoms with Crippen molar-refractivity contribution in [3.63, 3.8) is 0 Å². The zero-order valence-corrected chi connectivity index (χ0v) is 9.32. The smallest absolute Gasteiger partial charge is 0.229 e. The van der Waals surface area contributed by atoms with E-state index in [0.29, 0.717) is 0 Å². The summed E-state index contributed by atoms with van der Waals surface area (Å²) >= 11 is 0. The number of primary amides is 1. The Kier molecular flexibility index (Phi) is 2.00. The van der Waals surface area contributed by atoms with Gasteiger partial charge in [-0.25, -0.2) is 0 Å². The van der Waals surface area contributed by atoms with Gasteiger partial charge in [0.2, 0.25) is 5.91 Å². The van der Waals surface area contributed by atoms with Crippen molar-refractivity contribution in [2.45, 2.75) is 25.3 Å². The number of likely N-dealkylation sites (N-methyl/N-ethyl adjacent to an activating group) is 1. The maximum absolute atomic E-state index is 11.6. The van der Waals surface area contributed by atoms with E-state index in [0.717, 1.165) is 11.3 Å². The molecule has 2 unspecified atom stereocenters. The van der Waals surface area contributed by atoms with Crippen molar-refractivity contribution >= 4 is 11.6 Å². The van der Waals surface area contributed by atoms with E-state index in [9.17, 15) is 4.79 Å². The lowest BCUT2D eigenvalue weighted by molar-refractivity contribution is -0.123. The number of anilines is 1. The molecule has 2 atom stereocenters. The summed E-state index contributed by atoms with van der Waals surface area (Å²) in [5.74, 6) is -0.258. The third-order valence-electron chi connectivity index (χ3n) is 3.77. The molecule has 15 heavy (non-hydrogen) atoms. The molecule has 0 fully saturated rings. The highest BCUT2D eigenvalue weighted by Gasteiger charge is 2.48. The molecule has 0 spiro atoms. The Morgan fingerprint density at radius 2 is 2.07 bits per heavy atom. The molecule has 80 valence electrons. The van der Waals surface area contributed by atoms with Crippen LogP contribution in [-0.4, -0.2) is 19.0 Å². The van der Waals surface area contributed by atoms with Crippen LogP contribution < -0.4 is 10.6 Å². The van der Waals surface area contributed by atoms with Gasteiger partial charge in [0.15, 0.2) is 0 Å². The standard InChI is InChI=1S/C12H16N2O/c1-8-12(2,11(13)15)9-6-4-5-7-10(9)14(8)3/h4-8H,1-3H3,(H2,13,15). The lowest BCUT2D eigenvalue weighted by Crippen LogP contribution is -2.48. The first-order chi connectivity index (χ1) is 6.99. The first-order valence-corrected chi connectivity index (χ1v) is 5.12. The summed E-state index contributed by atoms with van der Waals surface area (Å²) in [6.07, 6.45) is 0. The van der Waals surface area contributed by atoms with Crippen LogP contribution in [0.2, 0.25) is 0 Å². The zero-order valence-electron chi connectivity index (χ0n) is 9.32. The van der Waals surface area contributed by atoms with E-state index in [2.05, 4.69) is 4.90 Å². The number of para-hydroxylation sites is 1. The van der Waals surface area contributed by atoms with Gasteiger partial charge < -0.3 is 10.6 Å². The Morgan fingerprint density at radius 3 is 2.67 bits per heavy atom. The highest BCUT2D eigenvalue weighted by molar-refractivity contribution is 5.92. The van der Waals surface area contributed by atoms with Gasteiger partial charge in [0.05, 0.1) is 5.41 Å². The summed E-state index contributed by atoms with van der Waals surface area (Å²) in [6.45, 7) is 3.95. The predicted molar refractivity (Wildman–Crippen MR) is 60.9 cm³/mol. The van der Waals surface area contributed by atoms with Gasteiger partial charge in [0, 0.05) is 18.8 Å². The van der Waals surface area contributed by atoms with Gasteiger partial charge in [-0.1, -0.05) is 18.2 Å². The van der Waals surface area contributed by atoms with Gasteiger partial charge in [-0.15, -0.1) is 0 Å². The van der Waals surface area contributed by atoms with Crippen LogP contribution in [0.1, 0.15) is 19.4 Å². The van der Waals surface area contributed by atoms with Gasteiger partial charge in [-0.3, -0.25) is 4.79 Å². The molecule has 3 heteroatoms. The Balaban J connectivity index is 2.66. The third kappa shape index (κ3) is 1.09. The molecule has 0 saturated carbocycles. The minimum Gasteiger partial charge on any atom is -0.370 e. The lowest BCUT2D eigenvalue weighted by Gasteiger charge is -2.29. The average molecular weight is 204 g/mol. The van der Waals surface area contributed by atoms with Crippen LogP contribution in [0.5, 0.6) is 0 Å². The van der Waals surface area contributed by atoms with Crippen molar-refractivity contribution in [3.05, 3.63) is 29.8 Å². The fraction of sp³-hybridized carbons (Fsp3) is 0.417. The van der Waals surface area contributed by atoms with Crippen molar-refractivity contribution in [1.29, 1.82) is 0 Å². The monoisotopic (exact) mass is 204 g/mol. The van der Waals surface area contributed by atoms with Gasteiger partial charge in [-0.05, 0) is 25.5 Å². The van der Waals surface area contributed by atoms with Crippen LogP contribution >= 0.6 is 0 Å². The first kappa shape index (κ1) is 10.0. The second-order valence-corrected chi connectivity index (χ2v) is 4.37. The molecule has 1 amide bonds. The molecule has 1 heterocycles. The Morgan fingerprint density at radius 1 is 1.47 bits per heavy atom. The van der Waals surface area contributed by atoms with Crippen LogP contribution in [0.4, 0.5) is 5.69 Å². The average Bonchev–Trinajstić information content (AvgIpc) is 2.43. The first-order valence-electron chi connectivity index (χ1n) is 5.12. The van der Waals surface area contributed by atoms with E-state index in [1.54, 1.807) is 0 Å².